The Morgan fingerprint density at radius 2 is 2.21 bits per heavy atom. The van der Waals surface area contributed by atoms with Crippen LogP contribution in [0.4, 0.5) is 5.69 Å². The number of hydrogen-bond acceptors (Lipinski definition) is 5. The van der Waals surface area contributed by atoms with Crippen LogP contribution in [0.25, 0.3) is 0 Å². The van der Waals surface area contributed by atoms with Gasteiger partial charge in [0.1, 0.15) is 4.47 Å². The fourth-order valence-corrected chi connectivity index (χ4v) is 2.61. The Bertz CT molecular complexity index is 483. The first-order chi connectivity index (χ1) is 9.11. The maximum absolute atomic E-state index is 12.0. The lowest BCUT2D eigenvalue weighted by Gasteiger charge is -2.30. The summed E-state index contributed by atoms with van der Waals surface area (Å²) in [6.07, 6.45) is 3.75. The number of nitrogens with one attached hydrogen (secondary N) is 1. The highest BCUT2D eigenvalue weighted by Crippen LogP contribution is 2.20. The van der Waals surface area contributed by atoms with E-state index in [2.05, 4.69) is 38.3 Å². The van der Waals surface area contributed by atoms with Gasteiger partial charge in [-0.2, -0.15) is 5.10 Å². The SMILES string of the molecule is CN1CCC(Nc2cnn(CCO)c(=O)c2Br)CC1. The van der Waals surface area contributed by atoms with Gasteiger partial charge in [0.15, 0.2) is 0 Å². The molecule has 7 heteroatoms. The summed E-state index contributed by atoms with van der Waals surface area (Å²) in [5, 5.41) is 16.3. The van der Waals surface area contributed by atoms with Crippen molar-refractivity contribution in [3.05, 3.63) is 21.0 Å². The summed E-state index contributed by atoms with van der Waals surface area (Å²) in [7, 11) is 2.11. The first kappa shape index (κ1) is 14.5. The number of piperidine rings is 1. The molecule has 0 unspecified atom stereocenters. The third-order valence-electron chi connectivity index (χ3n) is 3.37. The molecular weight excluding hydrogens is 312 g/mol. The van der Waals surface area contributed by atoms with Crippen molar-refractivity contribution in [2.45, 2.75) is 25.4 Å². The van der Waals surface area contributed by atoms with Crippen LogP contribution in [0.5, 0.6) is 0 Å². The Balaban J connectivity index is 2.09. The quantitative estimate of drug-likeness (QED) is 0.841. The Hall–Kier alpha value is -0.920. The second-order valence-electron chi connectivity index (χ2n) is 4.85. The minimum atomic E-state index is -0.216. The molecule has 2 N–H and O–H groups in total. The topological polar surface area (TPSA) is 70.4 Å². The first-order valence-electron chi connectivity index (χ1n) is 6.43. The van der Waals surface area contributed by atoms with E-state index in [4.69, 9.17) is 5.11 Å². The number of nitrogens with zero attached hydrogens (tertiary/aromatic N) is 3. The maximum atomic E-state index is 12.0. The van der Waals surface area contributed by atoms with Crippen LogP contribution in [0.1, 0.15) is 12.8 Å². The van der Waals surface area contributed by atoms with E-state index in [1.807, 2.05) is 0 Å². The lowest BCUT2D eigenvalue weighted by atomic mass is 10.1. The first-order valence-corrected chi connectivity index (χ1v) is 7.22. The molecule has 1 aromatic heterocycles. The van der Waals surface area contributed by atoms with Gasteiger partial charge >= 0.3 is 0 Å². The number of likely N-dealkylation sites (tertiary alicyclic amines) is 1. The maximum Gasteiger partial charge on any atom is 0.283 e. The second kappa shape index (κ2) is 6.49. The van der Waals surface area contributed by atoms with Gasteiger partial charge in [-0.1, -0.05) is 0 Å². The summed E-state index contributed by atoms with van der Waals surface area (Å²) < 4.78 is 1.74. The third kappa shape index (κ3) is 3.55. The molecule has 0 spiro atoms. The van der Waals surface area contributed by atoms with Gasteiger partial charge < -0.3 is 15.3 Å². The summed E-state index contributed by atoms with van der Waals surface area (Å²) >= 11 is 3.31. The van der Waals surface area contributed by atoms with Crippen molar-refractivity contribution in [2.24, 2.45) is 0 Å². The predicted octanol–water partition coefficient (Wildman–Crippen LogP) is 0.504. The van der Waals surface area contributed by atoms with Gasteiger partial charge in [-0.05, 0) is 48.9 Å². The highest BCUT2D eigenvalue weighted by atomic mass is 79.9. The average Bonchev–Trinajstić information content (AvgIpc) is 2.41. The van der Waals surface area contributed by atoms with E-state index < -0.39 is 0 Å². The molecule has 0 radical (unpaired) electrons. The summed E-state index contributed by atoms with van der Waals surface area (Å²) in [4.78, 5) is 14.3. The molecule has 1 aliphatic rings. The minimum Gasteiger partial charge on any atom is -0.394 e. The minimum absolute atomic E-state index is 0.0961. The van der Waals surface area contributed by atoms with Crippen molar-refractivity contribution in [2.75, 3.05) is 32.1 Å². The number of anilines is 1. The largest absolute Gasteiger partial charge is 0.394 e. The smallest absolute Gasteiger partial charge is 0.283 e. The van der Waals surface area contributed by atoms with Crippen molar-refractivity contribution < 1.29 is 5.11 Å². The van der Waals surface area contributed by atoms with Crippen LogP contribution in [-0.2, 0) is 6.54 Å². The molecule has 0 saturated carbocycles. The molecule has 6 nitrogen and oxygen atoms in total. The van der Waals surface area contributed by atoms with Crippen molar-refractivity contribution >= 4 is 21.6 Å². The van der Waals surface area contributed by atoms with E-state index in [0.29, 0.717) is 10.5 Å². The van der Waals surface area contributed by atoms with Gasteiger partial charge in [0.25, 0.3) is 5.56 Å². The van der Waals surface area contributed by atoms with Gasteiger partial charge in [-0.25, -0.2) is 4.68 Å². The number of rotatable bonds is 4. The van der Waals surface area contributed by atoms with Crippen LogP contribution in [0.3, 0.4) is 0 Å². The monoisotopic (exact) mass is 330 g/mol. The molecule has 1 aromatic rings. The Kier molecular flexibility index (Phi) is 4.95. The van der Waals surface area contributed by atoms with Gasteiger partial charge in [-0.15, -0.1) is 0 Å². The zero-order valence-electron chi connectivity index (χ0n) is 11.0. The number of aliphatic hydroxyl groups excluding tert-OH is 1. The van der Waals surface area contributed by atoms with E-state index in [1.54, 1.807) is 6.20 Å². The molecule has 19 heavy (non-hydrogen) atoms. The average molecular weight is 331 g/mol. The van der Waals surface area contributed by atoms with Crippen molar-refractivity contribution in [1.29, 1.82) is 0 Å². The number of halogens is 1. The fraction of sp³-hybridized carbons (Fsp3) is 0.667. The molecule has 0 atom stereocenters. The van der Waals surface area contributed by atoms with E-state index in [9.17, 15) is 4.79 Å². The standard InChI is InChI=1S/C12H19BrN4O2/c1-16-4-2-9(3-5-16)15-10-8-14-17(6-7-18)12(19)11(10)13/h8-9,15,18H,2-7H2,1H3. The van der Waals surface area contributed by atoms with Crippen molar-refractivity contribution in [1.82, 2.24) is 14.7 Å². The van der Waals surface area contributed by atoms with Crippen LogP contribution >= 0.6 is 15.9 Å². The third-order valence-corrected chi connectivity index (χ3v) is 4.14. The highest BCUT2D eigenvalue weighted by Gasteiger charge is 2.18. The Labute approximate surface area is 120 Å². The number of aromatic nitrogens is 2. The summed E-state index contributed by atoms with van der Waals surface area (Å²) in [5.74, 6) is 0. The normalized spacial score (nSPS) is 17.6. The lowest BCUT2D eigenvalue weighted by Crippen LogP contribution is -2.37. The highest BCUT2D eigenvalue weighted by molar-refractivity contribution is 9.10. The zero-order valence-corrected chi connectivity index (χ0v) is 12.6. The van der Waals surface area contributed by atoms with Gasteiger partial charge in [0, 0.05) is 6.04 Å². The summed E-state index contributed by atoms with van der Waals surface area (Å²) in [6, 6.07) is 0.377. The predicted molar refractivity (Wildman–Crippen MR) is 77.4 cm³/mol. The summed E-state index contributed by atoms with van der Waals surface area (Å²) in [5.41, 5.74) is 0.515. The van der Waals surface area contributed by atoms with Crippen LogP contribution in [-0.4, -0.2) is 52.6 Å². The second-order valence-corrected chi connectivity index (χ2v) is 5.64. The molecule has 2 heterocycles. The van der Waals surface area contributed by atoms with Crippen molar-refractivity contribution in [3.8, 4) is 0 Å². The van der Waals surface area contributed by atoms with Crippen LogP contribution < -0.4 is 10.9 Å². The van der Waals surface area contributed by atoms with Gasteiger partial charge in [0.05, 0.1) is 25.0 Å². The molecule has 2 rings (SSSR count). The molecule has 0 aromatic carbocycles. The molecule has 1 fully saturated rings. The van der Waals surface area contributed by atoms with Gasteiger partial charge in [0.2, 0.25) is 0 Å². The van der Waals surface area contributed by atoms with Crippen LogP contribution in [0, 0.1) is 0 Å². The molecule has 0 aliphatic carbocycles. The van der Waals surface area contributed by atoms with E-state index in [1.165, 1.54) is 4.68 Å². The van der Waals surface area contributed by atoms with E-state index in [0.717, 1.165) is 31.6 Å². The number of aliphatic hydroxyl groups is 1. The fourth-order valence-electron chi connectivity index (χ4n) is 2.19. The molecule has 0 amide bonds. The van der Waals surface area contributed by atoms with E-state index >= 15 is 0 Å². The Morgan fingerprint density at radius 3 is 2.84 bits per heavy atom. The van der Waals surface area contributed by atoms with Gasteiger partial charge in [-0.3, -0.25) is 4.79 Å². The molecule has 1 aliphatic heterocycles. The van der Waals surface area contributed by atoms with Crippen LogP contribution in [0.15, 0.2) is 15.5 Å². The Morgan fingerprint density at radius 1 is 1.53 bits per heavy atom. The van der Waals surface area contributed by atoms with E-state index in [-0.39, 0.29) is 18.7 Å². The summed E-state index contributed by atoms with van der Waals surface area (Å²) in [6.45, 7) is 2.24. The van der Waals surface area contributed by atoms with Crippen molar-refractivity contribution in [3.63, 3.8) is 0 Å². The lowest BCUT2D eigenvalue weighted by molar-refractivity contribution is 0.263. The van der Waals surface area contributed by atoms with Crippen LogP contribution in [0.2, 0.25) is 0 Å². The number of hydrogen-bond donors (Lipinski definition) is 2. The molecule has 0 bridgehead atoms. The molecule has 1 saturated heterocycles. The molecule has 106 valence electrons. The zero-order chi connectivity index (χ0) is 13.8. The molecular formula is C12H19BrN4O2.